The van der Waals surface area contributed by atoms with E-state index in [0.717, 1.165) is 19.4 Å². The van der Waals surface area contributed by atoms with Gasteiger partial charge in [0, 0.05) is 31.2 Å². The van der Waals surface area contributed by atoms with Crippen LogP contribution in [0.4, 0.5) is 11.5 Å². The lowest BCUT2D eigenvalue weighted by atomic mass is 9.97. The zero-order valence-electron chi connectivity index (χ0n) is 17.1. The second kappa shape index (κ2) is 9.66. The smallest absolute Gasteiger partial charge is 0.263 e. The Hall–Kier alpha value is -3.32. The van der Waals surface area contributed by atoms with Gasteiger partial charge in [0.25, 0.3) is 5.88 Å². The zero-order chi connectivity index (χ0) is 21.6. The molecule has 0 saturated carbocycles. The number of para-hydroxylation sites is 1. The first-order valence-electron chi connectivity index (χ1n) is 10.1. The molecule has 1 atom stereocenters. The quantitative estimate of drug-likeness (QED) is 0.596. The second-order valence-electron chi connectivity index (χ2n) is 7.22. The SMILES string of the molecule is COc1ccc(NC(=O)C2CCCN(c3nccnc3Oc3ccccc3)C2)cc1Cl. The minimum atomic E-state index is -0.193. The molecule has 1 aromatic heterocycles. The summed E-state index contributed by atoms with van der Waals surface area (Å²) in [5.41, 5.74) is 0.639. The number of methoxy groups -OCH3 is 1. The first kappa shape index (κ1) is 20.9. The molecule has 3 aromatic rings. The van der Waals surface area contributed by atoms with Gasteiger partial charge in [-0.25, -0.2) is 9.97 Å². The number of carbonyl (C=O) groups is 1. The minimum Gasteiger partial charge on any atom is -0.495 e. The third-order valence-electron chi connectivity index (χ3n) is 5.12. The Kier molecular flexibility index (Phi) is 6.52. The Labute approximate surface area is 186 Å². The second-order valence-corrected chi connectivity index (χ2v) is 7.63. The summed E-state index contributed by atoms with van der Waals surface area (Å²) in [4.78, 5) is 23.8. The third kappa shape index (κ3) is 5.06. The standard InChI is InChI=1S/C23H23ClN4O3/c1-30-20-10-9-17(14-19(20)24)27-22(29)16-6-5-13-28(15-16)21-23(26-12-11-25-21)31-18-7-3-2-4-8-18/h2-4,7-12,14,16H,5-6,13,15H2,1H3,(H,27,29). The predicted molar refractivity (Wildman–Crippen MR) is 120 cm³/mol. The van der Waals surface area contributed by atoms with Crippen molar-refractivity contribution in [1.29, 1.82) is 0 Å². The molecule has 0 radical (unpaired) electrons. The number of benzene rings is 2. The number of piperidine rings is 1. The summed E-state index contributed by atoms with van der Waals surface area (Å²) in [6.45, 7) is 1.31. The third-order valence-corrected chi connectivity index (χ3v) is 5.41. The fourth-order valence-electron chi connectivity index (χ4n) is 3.58. The molecule has 1 amide bonds. The van der Waals surface area contributed by atoms with Crippen molar-refractivity contribution >= 4 is 29.0 Å². The van der Waals surface area contributed by atoms with E-state index in [-0.39, 0.29) is 11.8 Å². The van der Waals surface area contributed by atoms with Crippen molar-refractivity contribution in [3.05, 3.63) is 65.9 Å². The maximum atomic E-state index is 12.9. The van der Waals surface area contributed by atoms with Crippen LogP contribution in [-0.4, -0.2) is 36.1 Å². The van der Waals surface area contributed by atoms with Crippen molar-refractivity contribution in [2.45, 2.75) is 12.8 Å². The fourth-order valence-corrected chi connectivity index (χ4v) is 3.84. The average Bonchev–Trinajstić information content (AvgIpc) is 2.80. The molecule has 31 heavy (non-hydrogen) atoms. The van der Waals surface area contributed by atoms with Crippen molar-refractivity contribution in [1.82, 2.24) is 9.97 Å². The van der Waals surface area contributed by atoms with E-state index in [1.54, 1.807) is 37.7 Å². The van der Waals surface area contributed by atoms with E-state index < -0.39 is 0 Å². The topological polar surface area (TPSA) is 76.6 Å². The first-order valence-corrected chi connectivity index (χ1v) is 10.4. The van der Waals surface area contributed by atoms with Crippen molar-refractivity contribution in [2.24, 2.45) is 5.92 Å². The highest BCUT2D eigenvalue weighted by molar-refractivity contribution is 6.32. The number of aromatic nitrogens is 2. The van der Waals surface area contributed by atoms with Gasteiger partial charge in [-0.1, -0.05) is 29.8 Å². The van der Waals surface area contributed by atoms with Crippen LogP contribution in [0.1, 0.15) is 12.8 Å². The lowest BCUT2D eigenvalue weighted by Gasteiger charge is -2.33. The highest BCUT2D eigenvalue weighted by Gasteiger charge is 2.28. The van der Waals surface area contributed by atoms with Crippen molar-refractivity contribution in [2.75, 3.05) is 30.4 Å². The maximum Gasteiger partial charge on any atom is 0.263 e. The monoisotopic (exact) mass is 438 g/mol. The molecule has 0 spiro atoms. The van der Waals surface area contributed by atoms with Crippen LogP contribution in [0.15, 0.2) is 60.9 Å². The van der Waals surface area contributed by atoms with E-state index in [4.69, 9.17) is 21.1 Å². The summed E-state index contributed by atoms with van der Waals surface area (Å²) in [5.74, 6) is 2.07. The molecule has 1 N–H and O–H groups in total. The summed E-state index contributed by atoms with van der Waals surface area (Å²) >= 11 is 6.17. The number of anilines is 2. The Morgan fingerprint density at radius 2 is 1.97 bits per heavy atom. The molecule has 0 aliphatic carbocycles. The zero-order valence-corrected chi connectivity index (χ0v) is 17.9. The molecule has 2 heterocycles. The van der Waals surface area contributed by atoms with Crippen LogP contribution >= 0.6 is 11.6 Å². The summed E-state index contributed by atoms with van der Waals surface area (Å²) in [5, 5.41) is 3.41. The van der Waals surface area contributed by atoms with E-state index >= 15 is 0 Å². The van der Waals surface area contributed by atoms with Gasteiger partial charge in [-0.2, -0.15) is 0 Å². The lowest BCUT2D eigenvalue weighted by molar-refractivity contribution is -0.120. The largest absolute Gasteiger partial charge is 0.495 e. The highest BCUT2D eigenvalue weighted by Crippen LogP contribution is 2.32. The van der Waals surface area contributed by atoms with E-state index in [1.807, 2.05) is 30.3 Å². The van der Waals surface area contributed by atoms with Gasteiger partial charge in [0.05, 0.1) is 18.1 Å². The van der Waals surface area contributed by atoms with Gasteiger partial charge < -0.3 is 19.7 Å². The van der Waals surface area contributed by atoms with Gasteiger partial charge in [0.15, 0.2) is 5.82 Å². The Morgan fingerprint density at radius 1 is 1.16 bits per heavy atom. The molecule has 7 nitrogen and oxygen atoms in total. The van der Waals surface area contributed by atoms with Gasteiger partial charge in [0.1, 0.15) is 11.5 Å². The van der Waals surface area contributed by atoms with Crippen LogP contribution in [0.25, 0.3) is 0 Å². The molecule has 1 fully saturated rings. The molecule has 1 saturated heterocycles. The number of carbonyl (C=O) groups excluding carboxylic acids is 1. The number of nitrogens with one attached hydrogen (secondary N) is 1. The Morgan fingerprint density at radius 3 is 2.74 bits per heavy atom. The number of amides is 1. The minimum absolute atomic E-state index is 0.0552. The highest BCUT2D eigenvalue weighted by atomic mass is 35.5. The molecule has 1 unspecified atom stereocenters. The number of rotatable bonds is 6. The summed E-state index contributed by atoms with van der Waals surface area (Å²) < 4.78 is 11.1. The Bertz CT molecular complexity index is 1050. The molecule has 160 valence electrons. The molecule has 0 bridgehead atoms. The van der Waals surface area contributed by atoms with E-state index in [0.29, 0.717) is 40.5 Å². The van der Waals surface area contributed by atoms with Crippen molar-refractivity contribution < 1.29 is 14.3 Å². The summed E-state index contributed by atoms with van der Waals surface area (Å²) in [6.07, 6.45) is 4.89. The number of nitrogens with zero attached hydrogens (tertiary/aromatic N) is 3. The first-order chi connectivity index (χ1) is 15.1. The van der Waals surface area contributed by atoms with Crippen LogP contribution in [-0.2, 0) is 4.79 Å². The predicted octanol–water partition coefficient (Wildman–Crippen LogP) is 4.79. The van der Waals surface area contributed by atoms with Crippen LogP contribution in [0, 0.1) is 5.92 Å². The van der Waals surface area contributed by atoms with Gasteiger partial charge in [-0.15, -0.1) is 0 Å². The molecule has 2 aromatic carbocycles. The van der Waals surface area contributed by atoms with Crippen LogP contribution in [0.3, 0.4) is 0 Å². The molecule has 1 aliphatic heterocycles. The molecular formula is C23H23ClN4O3. The van der Waals surface area contributed by atoms with E-state index in [9.17, 15) is 4.79 Å². The number of hydrogen-bond acceptors (Lipinski definition) is 6. The fraction of sp³-hybridized carbons (Fsp3) is 0.261. The van der Waals surface area contributed by atoms with Gasteiger partial charge in [-0.3, -0.25) is 4.79 Å². The van der Waals surface area contributed by atoms with Crippen LogP contribution < -0.4 is 19.7 Å². The van der Waals surface area contributed by atoms with E-state index in [1.165, 1.54) is 0 Å². The van der Waals surface area contributed by atoms with Crippen molar-refractivity contribution in [3.8, 4) is 17.4 Å². The molecule has 8 heteroatoms. The number of hydrogen-bond donors (Lipinski definition) is 1. The number of ether oxygens (including phenoxy) is 2. The molecule has 1 aliphatic rings. The van der Waals surface area contributed by atoms with Crippen LogP contribution in [0.5, 0.6) is 17.4 Å². The summed E-state index contributed by atoms with van der Waals surface area (Å²) in [7, 11) is 1.55. The number of halogens is 1. The Balaban J connectivity index is 1.46. The lowest BCUT2D eigenvalue weighted by Crippen LogP contribution is -2.41. The van der Waals surface area contributed by atoms with Gasteiger partial charge >= 0.3 is 0 Å². The van der Waals surface area contributed by atoms with Gasteiger partial charge in [-0.05, 0) is 43.2 Å². The summed E-state index contributed by atoms with van der Waals surface area (Å²) in [6, 6.07) is 14.7. The van der Waals surface area contributed by atoms with Crippen LogP contribution in [0.2, 0.25) is 5.02 Å². The molecule has 4 rings (SSSR count). The van der Waals surface area contributed by atoms with E-state index in [2.05, 4.69) is 20.2 Å². The van der Waals surface area contributed by atoms with Crippen molar-refractivity contribution in [3.63, 3.8) is 0 Å². The van der Waals surface area contributed by atoms with Gasteiger partial charge in [0.2, 0.25) is 5.91 Å². The average molecular weight is 439 g/mol. The normalized spacial score (nSPS) is 15.9. The molecular weight excluding hydrogens is 416 g/mol. The maximum absolute atomic E-state index is 12.9.